The summed E-state index contributed by atoms with van der Waals surface area (Å²) in [6, 6.07) is 22.8. The summed E-state index contributed by atoms with van der Waals surface area (Å²) in [4.78, 5) is 28.9. The third-order valence-electron chi connectivity index (χ3n) is 5.86. The summed E-state index contributed by atoms with van der Waals surface area (Å²) in [5, 5.41) is 2.93. The Morgan fingerprint density at radius 1 is 0.895 bits per heavy atom. The Balaban J connectivity index is 2.03. The maximum absolute atomic E-state index is 14.0. The van der Waals surface area contributed by atoms with E-state index in [1.54, 1.807) is 24.3 Å². The Labute approximate surface area is 241 Å². The van der Waals surface area contributed by atoms with Crippen molar-refractivity contribution >= 4 is 59.4 Å². The standard InChI is InChI=1S/C28H31Br2N3O4S/c1-3-16-31-28(35)26(18-21-8-5-4-6-9-21)32(19-22-10-7-11-24(30)17-22)27(34)20-33(38(2,36)37)25-14-12-23(29)13-15-25/h4-15,17,26H,3,16,18-20H2,1-2H3,(H,31,35). The summed E-state index contributed by atoms with van der Waals surface area (Å²) < 4.78 is 28.2. The molecule has 0 saturated heterocycles. The predicted octanol–water partition coefficient (Wildman–Crippen LogP) is 5.14. The van der Waals surface area contributed by atoms with Crippen molar-refractivity contribution in [1.29, 1.82) is 0 Å². The van der Waals surface area contributed by atoms with Gasteiger partial charge in [0.25, 0.3) is 0 Å². The lowest BCUT2D eigenvalue weighted by Crippen LogP contribution is -2.53. The largest absolute Gasteiger partial charge is 0.354 e. The van der Waals surface area contributed by atoms with Gasteiger partial charge in [0, 0.05) is 28.5 Å². The Morgan fingerprint density at radius 2 is 1.55 bits per heavy atom. The maximum atomic E-state index is 14.0. The molecule has 0 aliphatic heterocycles. The van der Waals surface area contributed by atoms with E-state index in [4.69, 9.17) is 0 Å². The summed E-state index contributed by atoms with van der Waals surface area (Å²) in [7, 11) is -3.80. The van der Waals surface area contributed by atoms with Gasteiger partial charge in [-0.25, -0.2) is 8.42 Å². The zero-order valence-electron chi connectivity index (χ0n) is 21.3. The highest BCUT2D eigenvalue weighted by Gasteiger charge is 2.32. The number of rotatable bonds is 12. The minimum Gasteiger partial charge on any atom is -0.354 e. The first-order valence-corrected chi connectivity index (χ1v) is 15.6. The van der Waals surface area contributed by atoms with E-state index in [0.717, 1.165) is 37.1 Å². The Bertz CT molecular complexity index is 1340. The number of hydrogen-bond donors (Lipinski definition) is 1. The molecule has 1 N–H and O–H groups in total. The number of sulfonamides is 1. The van der Waals surface area contributed by atoms with Gasteiger partial charge in [-0.1, -0.05) is 81.2 Å². The second-order valence-corrected chi connectivity index (χ2v) is 12.6. The van der Waals surface area contributed by atoms with Gasteiger partial charge >= 0.3 is 0 Å². The zero-order chi connectivity index (χ0) is 27.7. The van der Waals surface area contributed by atoms with Crippen LogP contribution in [0.15, 0.2) is 87.8 Å². The predicted molar refractivity (Wildman–Crippen MR) is 158 cm³/mol. The first kappa shape index (κ1) is 29.9. The van der Waals surface area contributed by atoms with Crippen molar-refractivity contribution in [3.63, 3.8) is 0 Å². The summed E-state index contributed by atoms with van der Waals surface area (Å²) in [6.07, 6.45) is 2.10. The molecule has 3 rings (SSSR count). The van der Waals surface area contributed by atoms with E-state index in [-0.39, 0.29) is 18.9 Å². The average molecular weight is 665 g/mol. The molecule has 0 aromatic heterocycles. The summed E-state index contributed by atoms with van der Waals surface area (Å²) in [6.45, 7) is 2.12. The molecule has 0 heterocycles. The summed E-state index contributed by atoms with van der Waals surface area (Å²) in [5.41, 5.74) is 2.06. The first-order chi connectivity index (χ1) is 18.1. The van der Waals surface area contributed by atoms with Crippen LogP contribution in [0, 0.1) is 0 Å². The number of carbonyl (C=O) groups is 2. The van der Waals surface area contributed by atoms with Gasteiger partial charge in [-0.15, -0.1) is 0 Å². The molecular formula is C28H31Br2N3O4S. The van der Waals surface area contributed by atoms with E-state index in [9.17, 15) is 18.0 Å². The van der Waals surface area contributed by atoms with Gasteiger partial charge < -0.3 is 10.2 Å². The Morgan fingerprint density at radius 3 is 2.16 bits per heavy atom. The molecule has 0 spiro atoms. The molecule has 0 aliphatic rings. The second kappa shape index (κ2) is 13.9. The minimum atomic E-state index is -3.80. The number of nitrogens with zero attached hydrogens (tertiary/aromatic N) is 2. The summed E-state index contributed by atoms with van der Waals surface area (Å²) in [5.74, 6) is -0.764. The van der Waals surface area contributed by atoms with E-state index in [2.05, 4.69) is 37.2 Å². The SMILES string of the molecule is CCCNC(=O)C(Cc1ccccc1)N(Cc1cccc(Br)c1)C(=O)CN(c1ccc(Br)cc1)S(C)(=O)=O. The smallest absolute Gasteiger partial charge is 0.244 e. The average Bonchev–Trinajstić information content (AvgIpc) is 2.88. The van der Waals surface area contributed by atoms with Crippen LogP contribution in [-0.2, 0) is 32.6 Å². The highest BCUT2D eigenvalue weighted by Crippen LogP contribution is 2.23. The molecule has 0 fully saturated rings. The van der Waals surface area contributed by atoms with E-state index in [1.165, 1.54) is 4.90 Å². The van der Waals surface area contributed by atoms with Crippen LogP contribution in [-0.4, -0.2) is 50.5 Å². The van der Waals surface area contributed by atoms with Gasteiger partial charge in [0.2, 0.25) is 21.8 Å². The number of anilines is 1. The molecule has 2 amide bonds. The monoisotopic (exact) mass is 663 g/mol. The molecule has 0 radical (unpaired) electrons. The van der Waals surface area contributed by atoms with Crippen LogP contribution in [0.5, 0.6) is 0 Å². The fourth-order valence-electron chi connectivity index (χ4n) is 3.97. The lowest BCUT2D eigenvalue weighted by atomic mass is 10.0. The van der Waals surface area contributed by atoms with Gasteiger partial charge in [-0.2, -0.15) is 0 Å². The van der Waals surface area contributed by atoms with Crippen molar-refractivity contribution in [2.24, 2.45) is 0 Å². The Hall–Kier alpha value is -2.69. The Kier molecular flexibility index (Phi) is 10.9. The zero-order valence-corrected chi connectivity index (χ0v) is 25.3. The molecule has 0 aliphatic carbocycles. The molecule has 202 valence electrons. The summed E-state index contributed by atoms with van der Waals surface area (Å²) >= 11 is 6.83. The normalized spacial score (nSPS) is 12.0. The number of hydrogen-bond acceptors (Lipinski definition) is 4. The third kappa shape index (κ3) is 8.68. The molecule has 3 aromatic rings. The van der Waals surface area contributed by atoms with E-state index in [0.29, 0.717) is 12.2 Å². The molecule has 38 heavy (non-hydrogen) atoms. The highest BCUT2D eigenvalue weighted by molar-refractivity contribution is 9.10. The van der Waals surface area contributed by atoms with Gasteiger partial charge in [0.05, 0.1) is 11.9 Å². The number of halogens is 2. The molecule has 1 unspecified atom stereocenters. The highest BCUT2D eigenvalue weighted by atomic mass is 79.9. The number of benzene rings is 3. The molecule has 7 nitrogen and oxygen atoms in total. The number of nitrogens with one attached hydrogen (secondary N) is 1. The van der Waals surface area contributed by atoms with Crippen LogP contribution in [0.2, 0.25) is 0 Å². The molecule has 0 bridgehead atoms. The van der Waals surface area contributed by atoms with Crippen LogP contribution >= 0.6 is 31.9 Å². The van der Waals surface area contributed by atoms with Crippen molar-refractivity contribution in [1.82, 2.24) is 10.2 Å². The van der Waals surface area contributed by atoms with Crippen molar-refractivity contribution in [3.8, 4) is 0 Å². The molecule has 3 aromatic carbocycles. The van der Waals surface area contributed by atoms with Gasteiger partial charge in [0.1, 0.15) is 12.6 Å². The lowest BCUT2D eigenvalue weighted by Gasteiger charge is -2.33. The maximum Gasteiger partial charge on any atom is 0.244 e. The molecule has 0 saturated carbocycles. The van der Waals surface area contributed by atoms with E-state index in [1.807, 2.05) is 61.5 Å². The van der Waals surface area contributed by atoms with Crippen LogP contribution < -0.4 is 9.62 Å². The van der Waals surface area contributed by atoms with Crippen molar-refractivity contribution in [3.05, 3.63) is 98.9 Å². The first-order valence-electron chi connectivity index (χ1n) is 12.2. The van der Waals surface area contributed by atoms with Gasteiger partial charge in [0.15, 0.2) is 0 Å². The molecule has 1 atom stereocenters. The van der Waals surface area contributed by atoms with Crippen LogP contribution in [0.3, 0.4) is 0 Å². The van der Waals surface area contributed by atoms with E-state index < -0.39 is 28.5 Å². The van der Waals surface area contributed by atoms with Gasteiger partial charge in [-0.05, 0) is 53.9 Å². The fourth-order valence-corrected chi connectivity index (χ4v) is 5.53. The van der Waals surface area contributed by atoms with Gasteiger partial charge in [-0.3, -0.25) is 13.9 Å². The number of carbonyl (C=O) groups excluding carboxylic acids is 2. The fraction of sp³-hybridized carbons (Fsp3) is 0.286. The van der Waals surface area contributed by atoms with Crippen LogP contribution in [0.25, 0.3) is 0 Å². The van der Waals surface area contributed by atoms with Crippen LogP contribution in [0.4, 0.5) is 5.69 Å². The molecule has 10 heteroatoms. The van der Waals surface area contributed by atoms with Crippen molar-refractivity contribution in [2.45, 2.75) is 32.4 Å². The van der Waals surface area contributed by atoms with Crippen molar-refractivity contribution < 1.29 is 18.0 Å². The third-order valence-corrected chi connectivity index (χ3v) is 8.02. The molecular weight excluding hydrogens is 634 g/mol. The van der Waals surface area contributed by atoms with E-state index >= 15 is 0 Å². The van der Waals surface area contributed by atoms with Crippen molar-refractivity contribution in [2.75, 3.05) is 23.7 Å². The topological polar surface area (TPSA) is 86.8 Å². The quantitative estimate of drug-likeness (QED) is 0.291. The lowest BCUT2D eigenvalue weighted by molar-refractivity contribution is -0.140. The van der Waals surface area contributed by atoms with Crippen LogP contribution in [0.1, 0.15) is 24.5 Å². The number of amides is 2. The minimum absolute atomic E-state index is 0.132. The second-order valence-electron chi connectivity index (χ2n) is 8.89.